The third kappa shape index (κ3) is 3.65. The predicted molar refractivity (Wildman–Crippen MR) is 82.2 cm³/mol. The van der Waals surface area contributed by atoms with Crippen LogP contribution in [-0.4, -0.2) is 37.5 Å². The second kappa shape index (κ2) is 7.61. The molecule has 6 nitrogen and oxygen atoms in total. The minimum Gasteiger partial charge on any atom is -0.481 e. The number of carbonyl (C=O) groups excluding carboxylic acids is 1. The van der Waals surface area contributed by atoms with E-state index < -0.39 is 5.97 Å². The van der Waals surface area contributed by atoms with Gasteiger partial charge in [-0.2, -0.15) is 0 Å². The number of aromatic nitrogens is 1. The van der Waals surface area contributed by atoms with Gasteiger partial charge in [0.05, 0.1) is 19.1 Å². The van der Waals surface area contributed by atoms with Gasteiger partial charge in [-0.15, -0.1) is 0 Å². The van der Waals surface area contributed by atoms with Crippen molar-refractivity contribution in [1.82, 2.24) is 4.57 Å². The van der Waals surface area contributed by atoms with E-state index in [1.165, 1.54) is 7.11 Å². The molecule has 0 aliphatic rings. The lowest BCUT2D eigenvalue weighted by Gasteiger charge is -2.10. The van der Waals surface area contributed by atoms with Gasteiger partial charge in [-0.25, -0.2) is 4.79 Å². The van der Waals surface area contributed by atoms with Crippen molar-refractivity contribution < 1.29 is 19.0 Å². The third-order valence-electron chi connectivity index (χ3n) is 3.23. The number of pyridine rings is 1. The van der Waals surface area contributed by atoms with Gasteiger partial charge >= 0.3 is 5.97 Å². The average molecular weight is 305 g/mol. The highest BCUT2D eigenvalue weighted by Gasteiger charge is 2.09. The number of rotatable bonds is 7. The molecule has 0 saturated carbocycles. The lowest BCUT2D eigenvalue weighted by molar-refractivity contribution is -0.142. The Hall–Kier alpha value is -2.34. The molecule has 0 N–H and O–H groups in total. The summed E-state index contributed by atoms with van der Waals surface area (Å²) in [6.45, 7) is 3.32. The standard InChI is InChI=1S/C16H19NO5/c1-3-21-10-9-17-8-7-12-13(16(17)19)5-4-6-14(12)22-11-15(18)20-2/h4-8H,3,9-11H2,1-2H3. The van der Waals surface area contributed by atoms with Gasteiger partial charge in [0, 0.05) is 24.7 Å². The number of benzene rings is 1. The molecule has 0 unspecified atom stereocenters. The molecule has 0 spiro atoms. The zero-order valence-electron chi connectivity index (χ0n) is 12.7. The molecule has 0 aliphatic heterocycles. The molecule has 2 aromatic rings. The number of fused-ring (bicyclic) bond motifs is 1. The summed E-state index contributed by atoms with van der Waals surface area (Å²) in [6, 6.07) is 6.98. The largest absolute Gasteiger partial charge is 0.481 e. The maximum absolute atomic E-state index is 12.4. The van der Waals surface area contributed by atoms with Crippen LogP contribution in [0.3, 0.4) is 0 Å². The first kappa shape index (κ1) is 16.0. The normalized spacial score (nSPS) is 10.6. The van der Waals surface area contributed by atoms with E-state index in [2.05, 4.69) is 4.74 Å². The fraction of sp³-hybridized carbons (Fsp3) is 0.375. The summed E-state index contributed by atoms with van der Waals surface area (Å²) in [5.74, 6) is 0.0130. The number of hydrogen-bond acceptors (Lipinski definition) is 5. The Labute approximate surface area is 128 Å². The first-order valence-electron chi connectivity index (χ1n) is 7.07. The molecule has 2 rings (SSSR count). The summed E-state index contributed by atoms with van der Waals surface area (Å²) in [6.07, 6.45) is 1.70. The van der Waals surface area contributed by atoms with E-state index in [0.29, 0.717) is 36.3 Å². The molecule has 118 valence electrons. The lowest BCUT2D eigenvalue weighted by atomic mass is 10.1. The second-order valence-corrected chi connectivity index (χ2v) is 4.59. The van der Waals surface area contributed by atoms with E-state index >= 15 is 0 Å². The monoisotopic (exact) mass is 305 g/mol. The molecule has 6 heteroatoms. The minimum atomic E-state index is -0.470. The summed E-state index contributed by atoms with van der Waals surface area (Å²) < 4.78 is 16.8. The fourth-order valence-electron chi connectivity index (χ4n) is 2.09. The predicted octanol–water partition coefficient (Wildman–Crippen LogP) is 1.59. The molecule has 1 heterocycles. The molecule has 0 amide bonds. The van der Waals surface area contributed by atoms with Gasteiger partial charge in [-0.05, 0) is 25.1 Å². The van der Waals surface area contributed by atoms with Crippen LogP contribution >= 0.6 is 0 Å². The van der Waals surface area contributed by atoms with Crippen LogP contribution in [0.5, 0.6) is 5.75 Å². The van der Waals surface area contributed by atoms with Crippen molar-refractivity contribution in [2.24, 2.45) is 0 Å². The second-order valence-electron chi connectivity index (χ2n) is 4.59. The average Bonchev–Trinajstić information content (AvgIpc) is 2.55. The molecule has 0 radical (unpaired) electrons. The van der Waals surface area contributed by atoms with E-state index in [4.69, 9.17) is 9.47 Å². The van der Waals surface area contributed by atoms with Crippen molar-refractivity contribution in [3.05, 3.63) is 40.8 Å². The number of hydrogen-bond donors (Lipinski definition) is 0. The van der Waals surface area contributed by atoms with Gasteiger partial charge in [0.25, 0.3) is 5.56 Å². The molecule has 0 atom stereocenters. The van der Waals surface area contributed by atoms with Crippen molar-refractivity contribution in [2.75, 3.05) is 26.9 Å². The van der Waals surface area contributed by atoms with Gasteiger partial charge in [0.15, 0.2) is 6.61 Å². The highest BCUT2D eigenvalue weighted by molar-refractivity contribution is 5.87. The maximum Gasteiger partial charge on any atom is 0.343 e. The fourth-order valence-corrected chi connectivity index (χ4v) is 2.09. The zero-order chi connectivity index (χ0) is 15.9. The molecule has 22 heavy (non-hydrogen) atoms. The maximum atomic E-state index is 12.4. The van der Waals surface area contributed by atoms with Crippen molar-refractivity contribution in [2.45, 2.75) is 13.5 Å². The van der Waals surface area contributed by atoms with E-state index in [1.807, 2.05) is 6.92 Å². The van der Waals surface area contributed by atoms with Gasteiger partial charge in [0.1, 0.15) is 5.75 Å². The van der Waals surface area contributed by atoms with Crippen LogP contribution in [0.25, 0.3) is 10.8 Å². The van der Waals surface area contributed by atoms with Crippen molar-refractivity contribution in [3.63, 3.8) is 0 Å². The third-order valence-corrected chi connectivity index (χ3v) is 3.23. The van der Waals surface area contributed by atoms with Crippen LogP contribution in [-0.2, 0) is 20.8 Å². The van der Waals surface area contributed by atoms with Gasteiger partial charge < -0.3 is 18.8 Å². The quantitative estimate of drug-likeness (QED) is 0.574. The smallest absolute Gasteiger partial charge is 0.343 e. The van der Waals surface area contributed by atoms with Crippen LogP contribution in [0.4, 0.5) is 0 Å². The Balaban J connectivity index is 2.28. The van der Waals surface area contributed by atoms with E-state index in [-0.39, 0.29) is 12.2 Å². The molecule has 1 aromatic heterocycles. The number of methoxy groups -OCH3 is 1. The highest BCUT2D eigenvalue weighted by atomic mass is 16.6. The summed E-state index contributed by atoms with van der Waals surface area (Å²) in [5, 5.41) is 1.21. The number of esters is 1. The SMILES string of the molecule is CCOCCn1ccc2c(OCC(=O)OC)cccc2c1=O. The topological polar surface area (TPSA) is 66.8 Å². The number of ether oxygens (including phenoxy) is 3. The van der Waals surface area contributed by atoms with Gasteiger partial charge in [0.2, 0.25) is 0 Å². The minimum absolute atomic E-state index is 0.110. The summed E-state index contributed by atoms with van der Waals surface area (Å²) in [5.41, 5.74) is -0.110. The molecule has 1 aromatic carbocycles. The van der Waals surface area contributed by atoms with Crippen LogP contribution in [0.1, 0.15) is 6.92 Å². The Morgan fingerprint density at radius 1 is 1.23 bits per heavy atom. The highest BCUT2D eigenvalue weighted by Crippen LogP contribution is 2.23. The Bertz CT molecular complexity index is 707. The first-order valence-corrected chi connectivity index (χ1v) is 7.07. The lowest BCUT2D eigenvalue weighted by Crippen LogP contribution is -2.22. The first-order chi connectivity index (χ1) is 10.7. The molecule has 0 aliphatic carbocycles. The Kier molecular flexibility index (Phi) is 5.55. The van der Waals surface area contributed by atoms with Crippen LogP contribution in [0.2, 0.25) is 0 Å². The van der Waals surface area contributed by atoms with Gasteiger partial charge in [-0.1, -0.05) is 6.07 Å². The van der Waals surface area contributed by atoms with E-state index in [0.717, 1.165) is 0 Å². The van der Waals surface area contributed by atoms with E-state index in [9.17, 15) is 9.59 Å². The Morgan fingerprint density at radius 3 is 2.77 bits per heavy atom. The van der Waals surface area contributed by atoms with Gasteiger partial charge in [-0.3, -0.25) is 4.79 Å². The molecular weight excluding hydrogens is 286 g/mol. The zero-order valence-corrected chi connectivity index (χ0v) is 12.7. The van der Waals surface area contributed by atoms with Crippen molar-refractivity contribution in [3.8, 4) is 5.75 Å². The number of nitrogens with zero attached hydrogens (tertiary/aromatic N) is 1. The van der Waals surface area contributed by atoms with E-state index in [1.54, 1.807) is 35.0 Å². The van der Waals surface area contributed by atoms with Crippen molar-refractivity contribution in [1.29, 1.82) is 0 Å². The van der Waals surface area contributed by atoms with Crippen LogP contribution < -0.4 is 10.3 Å². The van der Waals surface area contributed by atoms with Crippen LogP contribution in [0.15, 0.2) is 35.3 Å². The molecule has 0 fully saturated rings. The van der Waals surface area contributed by atoms with Crippen molar-refractivity contribution >= 4 is 16.7 Å². The molecule has 0 bridgehead atoms. The number of carbonyl (C=O) groups is 1. The Morgan fingerprint density at radius 2 is 2.05 bits per heavy atom. The molecular formula is C16H19NO5. The molecule has 0 saturated heterocycles. The summed E-state index contributed by atoms with van der Waals surface area (Å²) in [4.78, 5) is 23.6. The summed E-state index contributed by atoms with van der Waals surface area (Å²) in [7, 11) is 1.30. The van der Waals surface area contributed by atoms with Crippen LogP contribution in [0, 0.1) is 0 Å². The summed E-state index contributed by atoms with van der Waals surface area (Å²) >= 11 is 0.